The van der Waals surface area contributed by atoms with Gasteiger partial charge in [-0.1, -0.05) is 65.1 Å². The van der Waals surface area contributed by atoms with Crippen molar-refractivity contribution in [2.75, 3.05) is 0 Å². The fraction of sp³-hybridized carbons (Fsp3) is 0. The Morgan fingerprint density at radius 1 is 0.938 bits per heavy atom. The van der Waals surface area contributed by atoms with Gasteiger partial charge in [0.15, 0.2) is 0 Å². The van der Waals surface area contributed by atoms with Crippen molar-refractivity contribution in [1.29, 1.82) is 0 Å². The van der Waals surface area contributed by atoms with Crippen molar-refractivity contribution >= 4 is 50.7 Å². The van der Waals surface area contributed by atoms with Crippen molar-refractivity contribution < 1.29 is 0 Å². The molecule has 0 N–H and O–H groups in total. The van der Waals surface area contributed by atoms with Gasteiger partial charge in [0.05, 0.1) is 20.2 Å². The predicted octanol–water partition coefficient (Wildman–Crippen LogP) is 5.47. The molecule has 2 aromatic rings. The molecule has 0 atom stereocenters. The Balaban J connectivity index is 2.68. The molecule has 0 aliphatic rings. The molecule has 0 saturated heterocycles. The Morgan fingerprint density at radius 2 is 1.56 bits per heavy atom. The van der Waals surface area contributed by atoms with Crippen LogP contribution in [-0.4, -0.2) is 4.98 Å². The molecule has 0 unspecified atom stereocenters. The maximum Gasteiger partial charge on any atom is 0.149 e. The summed E-state index contributed by atoms with van der Waals surface area (Å²) in [6, 6.07) is 9.55. The molecule has 16 heavy (non-hydrogen) atoms. The number of benzene rings is 1. The van der Waals surface area contributed by atoms with E-state index < -0.39 is 0 Å². The van der Waals surface area contributed by atoms with E-state index in [4.69, 9.17) is 34.8 Å². The number of nitrogens with zero attached hydrogens (tertiary/aromatic N) is 1. The highest BCUT2D eigenvalue weighted by atomic mass is 79.9. The van der Waals surface area contributed by atoms with Gasteiger partial charge in [-0.15, -0.1) is 0 Å². The van der Waals surface area contributed by atoms with Crippen LogP contribution in [0.15, 0.2) is 34.8 Å². The van der Waals surface area contributed by atoms with Crippen LogP contribution in [0.3, 0.4) is 0 Å². The monoisotopic (exact) mass is 335 g/mol. The average molecular weight is 337 g/mol. The highest BCUT2D eigenvalue weighted by Gasteiger charge is 2.15. The van der Waals surface area contributed by atoms with E-state index >= 15 is 0 Å². The van der Waals surface area contributed by atoms with E-state index in [0.717, 1.165) is 5.56 Å². The van der Waals surface area contributed by atoms with Crippen molar-refractivity contribution in [1.82, 2.24) is 4.98 Å². The maximum atomic E-state index is 6.15. The molecule has 0 spiro atoms. The fourth-order valence-electron chi connectivity index (χ4n) is 1.27. The van der Waals surface area contributed by atoms with Gasteiger partial charge in [0.25, 0.3) is 0 Å². The first-order chi connectivity index (χ1) is 7.61. The van der Waals surface area contributed by atoms with Gasteiger partial charge in [0.2, 0.25) is 0 Å². The lowest BCUT2D eigenvalue weighted by Crippen LogP contribution is -1.89. The Hall–Kier alpha value is -0.280. The van der Waals surface area contributed by atoms with E-state index in [1.165, 1.54) is 0 Å². The average Bonchev–Trinajstić information content (AvgIpc) is 2.32. The van der Waals surface area contributed by atoms with Crippen LogP contribution in [0.1, 0.15) is 0 Å². The third kappa shape index (κ3) is 2.21. The molecule has 0 amide bonds. The highest BCUT2D eigenvalue weighted by Crippen LogP contribution is 2.40. The zero-order valence-electron chi connectivity index (χ0n) is 7.85. The van der Waals surface area contributed by atoms with Crippen molar-refractivity contribution in [2.45, 2.75) is 0 Å². The summed E-state index contributed by atoms with van der Waals surface area (Å²) < 4.78 is 0.565. The minimum absolute atomic E-state index is 0.233. The van der Waals surface area contributed by atoms with E-state index in [0.29, 0.717) is 20.2 Å². The number of aromatic nitrogens is 1. The minimum atomic E-state index is 0.233. The molecule has 82 valence electrons. The number of rotatable bonds is 1. The molecule has 0 bridgehead atoms. The van der Waals surface area contributed by atoms with Crippen molar-refractivity contribution in [3.8, 4) is 11.3 Å². The topological polar surface area (TPSA) is 12.9 Å². The Kier molecular flexibility index (Phi) is 3.75. The smallest absolute Gasteiger partial charge is 0.149 e. The van der Waals surface area contributed by atoms with Crippen molar-refractivity contribution in [2.24, 2.45) is 0 Å². The van der Waals surface area contributed by atoms with Gasteiger partial charge in [-0.05, 0) is 15.9 Å². The summed E-state index contributed by atoms with van der Waals surface area (Å²) in [5.74, 6) is 0. The summed E-state index contributed by atoms with van der Waals surface area (Å²) >= 11 is 21.3. The first-order valence-corrected chi connectivity index (χ1v) is 6.29. The zero-order valence-corrected chi connectivity index (χ0v) is 11.7. The number of hydrogen-bond acceptors (Lipinski definition) is 1. The molecule has 0 radical (unpaired) electrons. The normalized spacial score (nSPS) is 10.5. The lowest BCUT2D eigenvalue weighted by Gasteiger charge is -2.08. The summed E-state index contributed by atoms with van der Waals surface area (Å²) in [6.45, 7) is 0. The minimum Gasteiger partial charge on any atom is -0.233 e. The third-order valence-corrected chi connectivity index (χ3v) is 4.39. The van der Waals surface area contributed by atoms with E-state index in [-0.39, 0.29) is 5.15 Å². The Bertz CT molecular complexity index is 528. The van der Waals surface area contributed by atoms with Crippen LogP contribution in [-0.2, 0) is 0 Å². The van der Waals surface area contributed by atoms with E-state index in [1.807, 2.05) is 30.3 Å². The van der Waals surface area contributed by atoms with Crippen LogP contribution in [0.5, 0.6) is 0 Å². The van der Waals surface area contributed by atoms with Crippen LogP contribution in [0, 0.1) is 0 Å². The second-order valence-corrected chi connectivity index (χ2v) is 4.97. The number of halogens is 4. The second-order valence-electron chi connectivity index (χ2n) is 3.06. The van der Waals surface area contributed by atoms with Crippen LogP contribution < -0.4 is 0 Å². The fourth-order valence-corrected chi connectivity index (χ4v) is 2.37. The Morgan fingerprint density at radius 3 is 2.19 bits per heavy atom. The molecule has 5 heteroatoms. The first-order valence-electron chi connectivity index (χ1n) is 4.36. The Labute approximate surface area is 116 Å². The number of pyridine rings is 1. The standard InChI is InChI=1S/C11H5BrCl3N/c12-7-8(13)10(16-11(15)9(7)14)6-4-2-1-3-5-6/h1-5H. The van der Waals surface area contributed by atoms with Crippen LogP contribution in [0.4, 0.5) is 0 Å². The maximum absolute atomic E-state index is 6.15. The van der Waals surface area contributed by atoms with Gasteiger partial charge < -0.3 is 0 Å². The summed E-state index contributed by atoms with van der Waals surface area (Å²) in [6.07, 6.45) is 0. The second kappa shape index (κ2) is 4.92. The molecule has 1 aromatic heterocycles. The van der Waals surface area contributed by atoms with Crippen LogP contribution in [0.25, 0.3) is 11.3 Å². The highest BCUT2D eigenvalue weighted by molar-refractivity contribution is 9.10. The lowest BCUT2D eigenvalue weighted by molar-refractivity contribution is 1.31. The molecular formula is C11H5BrCl3N. The molecule has 0 aliphatic heterocycles. The van der Waals surface area contributed by atoms with Gasteiger partial charge in [0, 0.05) is 5.56 Å². The molecule has 1 aromatic carbocycles. The third-order valence-electron chi connectivity index (χ3n) is 2.03. The van der Waals surface area contributed by atoms with Crippen LogP contribution in [0.2, 0.25) is 15.2 Å². The quantitative estimate of drug-likeness (QED) is 0.629. The SMILES string of the molecule is Clc1nc(-c2ccccc2)c(Cl)c(Br)c1Cl. The number of hydrogen-bond donors (Lipinski definition) is 0. The lowest BCUT2D eigenvalue weighted by atomic mass is 10.1. The predicted molar refractivity (Wildman–Crippen MR) is 72.4 cm³/mol. The van der Waals surface area contributed by atoms with Gasteiger partial charge >= 0.3 is 0 Å². The van der Waals surface area contributed by atoms with Crippen LogP contribution >= 0.6 is 50.7 Å². The summed E-state index contributed by atoms with van der Waals surface area (Å²) in [5, 5.41) is 1.02. The molecule has 1 nitrogen and oxygen atoms in total. The molecular weight excluding hydrogens is 332 g/mol. The van der Waals surface area contributed by atoms with Crippen molar-refractivity contribution in [3.63, 3.8) is 0 Å². The van der Waals surface area contributed by atoms with Gasteiger partial charge in [-0.2, -0.15) is 0 Å². The molecule has 0 aliphatic carbocycles. The summed E-state index contributed by atoms with van der Waals surface area (Å²) in [5.41, 5.74) is 1.51. The largest absolute Gasteiger partial charge is 0.233 e. The molecule has 0 saturated carbocycles. The van der Waals surface area contributed by atoms with E-state index in [1.54, 1.807) is 0 Å². The van der Waals surface area contributed by atoms with Crippen molar-refractivity contribution in [3.05, 3.63) is 50.0 Å². The molecule has 2 rings (SSSR count). The zero-order chi connectivity index (χ0) is 11.7. The van der Waals surface area contributed by atoms with Gasteiger partial charge in [-0.25, -0.2) is 4.98 Å². The van der Waals surface area contributed by atoms with E-state index in [9.17, 15) is 0 Å². The molecule has 0 fully saturated rings. The summed E-state index contributed by atoms with van der Waals surface area (Å²) in [4.78, 5) is 4.17. The first kappa shape index (κ1) is 12.2. The molecule has 1 heterocycles. The van der Waals surface area contributed by atoms with Gasteiger partial charge in [-0.3, -0.25) is 0 Å². The van der Waals surface area contributed by atoms with Gasteiger partial charge in [0.1, 0.15) is 5.15 Å². The van der Waals surface area contributed by atoms with E-state index in [2.05, 4.69) is 20.9 Å². The summed E-state index contributed by atoms with van der Waals surface area (Å²) in [7, 11) is 0.